The molecule has 9 heteroatoms. The van der Waals surface area contributed by atoms with Gasteiger partial charge in [-0.25, -0.2) is 4.68 Å². The van der Waals surface area contributed by atoms with Crippen molar-refractivity contribution in [1.82, 2.24) is 25.1 Å². The van der Waals surface area contributed by atoms with Crippen molar-refractivity contribution in [1.29, 1.82) is 0 Å². The zero-order valence-electron chi connectivity index (χ0n) is 15.0. The Morgan fingerprint density at radius 3 is 2.75 bits per heavy atom. The summed E-state index contributed by atoms with van der Waals surface area (Å²) >= 11 is 0. The number of hydrogen-bond donors (Lipinski definition) is 1. The number of anilines is 1. The number of hydrogen-bond acceptors (Lipinski definition) is 7. The zero-order valence-corrected chi connectivity index (χ0v) is 15.0. The summed E-state index contributed by atoms with van der Waals surface area (Å²) in [6.45, 7) is 1.81. The third-order valence-electron chi connectivity index (χ3n) is 4.15. The first-order valence-corrected chi connectivity index (χ1v) is 8.64. The molecule has 0 aliphatic rings. The van der Waals surface area contributed by atoms with Gasteiger partial charge in [0.1, 0.15) is 5.52 Å². The number of carbonyl (C=O) groups excluding carboxylic acids is 1. The molecule has 28 heavy (non-hydrogen) atoms. The molecule has 1 N–H and O–H groups in total. The molecule has 0 atom stereocenters. The molecule has 0 saturated carbocycles. The maximum absolute atomic E-state index is 12.4. The highest BCUT2D eigenvalue weighted by Crippen LogP contribution is 2.25. The number of benzene rings is 2. The van der Waals surface area contributed by atoms with E-state index in [-0.39, 0.29) is 24.4 Å². The molecule has 2 heterocycles. The predicted molar refractivity (Wildman–Crippen MR) is 102 cm³/mol. The van der Waals surface area contributed by atoms with E-state index in [1.54, 1.807) is 49.4 Å². The Morgan fingerprint density at radius 1 is 1.14 bits per heavy atom. The first kappa shape index (κ1) is 17.5. The van der Waals surface area contributed by atoms with Crippen LogP contribution < -0.4 is 10.9 Å². The van der Waals surface area contributed by atoms with Gasteiger partial charge in [-0.2, -0.15) is 4.98 Å². The number of nitrogens with one attached hydrogen (secondary N) is 1. The van der Waals surface area contributed by atoms with Crippen LogP contribution in [0, 0.1) is 6.92 Å². The van der Waals surface area contributed by atoms with E-state index in [4.69, 9.17) is 4.52 Å². The summed E-state index contributed by atoms with van der Waals surface area (Å²) < 4.78 is 6.20. The molecule has 0 bridgehead atoms. The number of carbonyl (C=O) groups is 1. The molecule has 0 spiro atoms. The van der Waals surface area contributed by atoms with E-state index in [2.05, 4.69) is 25.8 Å². The average Bonchev–Trinajstić information content (AvgIpc) is 3.14. The molecule has 1 amide bonds. The summed E-state index contributed by atoms with van der Waals surface area (Å²) in [6.07, 6.45) is 0.0620. The van der Waals surface area contributed by atoms with E-state index >= 15 is 0 Å². The van der Waals surface area contributed by atoms with Gasteiger partial charge in [-0.1, -0.05) is 34.6 Å². The number of rotatable bonds is 5. The maximum atomic E-state index is 12.4. The highest BCUT2D eigenvalue weighted by atomic mass is 16.5. The van der Waals surface area contributed by atoms with Gasteiger partial charge in [0.25, 0.3) is 5.56 Å². The molecule has 4 aromatic rings. The van der Waals surface area contributed by atoms with E-state index in [1.165, 1.54) is 4.68 Å². The number of amides is 1. The standard InChI is InChI=1S/C19H16N6O3/c1-12-20-18(23-28-12)13-6-2-4-8-15(13)21-17(26)10-11-25-19(27)14-7-3-5-9-16(14)22-24-25/h2-9H,10-11H2,1H3,(H,21,26). The Kier molecular flexibility index (Phi) is 4.63. The molecule has 0 radical (unpaired) electrons. The number of aryl methyl sites for hydroxylation is 2. The fourth-order valence-electron chi connectivity index (χ4n) is 2.79. The first-order valence-electron chi connectivity index (χ1n) is 8.64. The second-order valence-electron chi connectivity index (χ2n) is 6.12. The van der Waals surface area contributed by atoms with Gasteiger partial charge in [-0.05, 0) is 24.3 Å². The lowest BCUT2D eigenvalue weighted by atomic mass is 10.1. The topological polar surface area (TPSA) is 116 Å². The molecule has 0 fully saturated rings. The van der Waals surface area contributed by atoms with Gasteiger partial charge in [0.15, 0.2) is 0 Å². The summed E-state index contributed by atoms with van der Waals surface area (Å²) in [5.41, 5.74) is 1.46. The largest absolute Gasteiger partial charge is 0.339 e. The molecular formula is C19H16N6O3. The zero-order chi connectivity index (χ0) is 19.5. The van der Waals surface area contributed by atoms with E-state index in [9.17, 15) is 9.59 Å². The molecule has 0 unspecified atom stereocenters. The van der Waals surface area contributed by atoms with Crippen LogP contribution in [-0.4, -0.2) is 31.0 Å². The molecule has 2 aromatic carbocycles. The number of aromatic nitrogens is 5. The quantitative estimate of drug-likeness (QED) is 0.567. The van der Waals surface area contributed by atoms with Gasteiger partial charge in [0, 0.05) is 18.9 Å². The smallest absolute Gasteiger partial charge is 0.277 e. The Balaban J connectivity index is 1.49. The van der Waals surface area contributed by atoms with Crippen LogP contribution in [0.3, 0.4) is 0 Å². The minimum absolute atomic E-state index is 0.0620. The molecule has 0 aliphatic carbocycles. The lowest BCUT2D eigenvalue weighted by molar-refractivity contribution is -0.116. The second kappa shape index (κ2) is 7.39. The highest BCUT2D eigenvalue weighted by Gasteiger charge is 2.13. The minimum Gasteiger partial charge on any atom is -0.339 e. The monoisotopic (exact) mass is 376 g/mol. The predicted octanol–water partition coefficient (Wildman–Crippen LogP) is 2.18. The van der Waals surface area contributed by atoms with Gasteiger partial charge in [0.2, 0.25) is 17.6 Å². The lowest BCUT2D eigenvalue weighted by Gasteiger charge is -2.09. The van der Waals surface area contributed by atoms with Crippen molar-refractivity contribution >= 4 is 22.5 Å². The van der Waals surface area contributed by atoms with Crippen molar-refractivity contribution in [3.05, 3.63) is 64.8 Å². The second-order valence-corrected chi connectivity index (χ2v) is 6.12. The molecule has 9 nitrogen and oxygen atoms in total. The van der Waals surface area contributed by atoms with Crippen LogP contribution in [0.4, 0.5) is 5.69 Å². The SMILES string of the molecule is Cc1nc(-c2ccccc2NC(=O)CCn2nnc3ccccc3c2=O)no1. The van der Waals surface area contributed by atoms with Gasteiger partial charge in [-0.15, -0.1) is 5.10 Å². The summed E-state index contributed by atoms with van der Waals surface area (Å²) in [5.74, 6) is 0.560. The molecule has 4 rings (SSSR count). The van der Waals surface area contributed by atoms with Crippen molar-refractivity contribution in [3.63, 3.8) is 0 Å². The Bertz CT molecular complexity index is 1210. The highest BCUT2D eigenvalue weighted by molar-refractivity contribution is 5.94. The fourth-order valence-corrected chi connectivity index (χ4v) is 2.79. The van der Waals surface area contributed by atoms with E-state index in [0.29, 0.717) is 33.9 Å². The van der Waals surface area contributed by atoms with Crippen LogP contribution in [0.25, 0.3) is 22.3 Å². The third kappa shape index (κ3) is 3.50. The lowest BCUT2D eigenvalue weighted by Crippen LogP contribution is -2.26. The van der Waals surface area contributed by atoms with E-state index in [0.717, 1.165) is 0 Å². The molecule has 0 saturated heterocycles. The number of fused-ring (bicyclic) bond motifs is 1. The summed E-state index contributed by atoms with van der Waals surface area (Å²) in [5, 5.41) is 15.1. The summed E-state index contributed by atoms with van der Waals surface area (Å²) in [4.78, 5) is 29.0. The number of nitrogens with zero attached hydrogens (tertiary/aromatic N) is 5. The van der Waals surface area contributed by atoms with Gasteiger partial charge in [0.05, 0.1) is 17.6 Å². The molecular weight excluding hydrogens is 360 g/mol. The third-order valence-corrected chi connectivity index (χ3v) is 4.15. The summed E-state index contributed by atoms with van der Waals surface area (Å²) in [7, 11) is 0. The van der Waals surface area contributed by atoms with Crippen molar-refractivity contribution in [3.8, 4) is 11.4 Å². The minimum atomic E-state index is -0.277. The van der Waals surface area contributed by atoms with Crippen molar-refractivity contribution < 1.29 is 9.32 Å². The fraction of sp³-hybridized carbons (Fsp3) is 0.158. The van der Waals surface area contributed by atoms with Crippen LogP contribution in [0.15, 0.2) is 57.8 Å². The van der Waals surface area contributed by atoms with E-state index < -0.39 is 0 Å². The Labute approximate surface area is 159 Å². The number of para-hydroxylation sites is 1. The first-order chi connectivity index (χ1) is 13.6. The molecule has 0 aliphatic heterocycles. The van der Waals surface area contributed by atoms with Gasteiger partial charge < -0.3 is 9.84 Å². The van der Waals surface area contributed by atoms with Crippen LogP contribution in [-0.2, 0) is 11.3 Å². The van der Waals surface area contributed by atoms with Gasteiger partial charge in [-0.3, -0.25) is 9.59 Å². The normalized spacial score (nSPS) is 10.9. The Hall–Kier alpha value is -3.88. The van der Waals surface area contributed by atoms with Crippen molar-refractivity contribution in [2.24, 2.45) is 0 Å². The van der Waals surface area contributed by atoms with Crippen LogP contribution in [0.2, 0.25) is 0 Å². The van der Waals surface area contributed by atoms with Gasteiger partial charge >= 0.3 is 0 Å². The van der Waals surface area contributed by atoms with E-state index in [1.807, 2.05) is 6.07 Å². The molecule has 140 valence electrons. The van der Waals surface area contributed by atoms with Crippen molar-refractivity contribution in [2.75, 3.05) is 5.32 Å². The Morgan fingerprint density at radius 2 is 1.93 bits per heavy atom. The summed E-state index contributed by atoms with van der Waals surface area (Å²) in [6, 6.07) is 14.1. The van der Waals surface area contributed by atoms with Crippen molar-refractivity contribution in [2.45, 2.75) is 19.9 Å². The molecule has 2 aromatic heterocycles. The van der Waals surface area contributed by atoms with Crippen LogP contribution in [0.1, 0.15) is 12.3 Å². The average molecular weight is 376 g/mol. The van der Waals surface area contributed by atoms with Crippen LogP contribution >= 0.6 is 0 Å². The maximum Gasteiger partial charge on any atom is 0.277 e. The van der Waals surface area contributed by atoms with Crippen LogP contribution in [0.5, 0.6) is 0 Å².